The van der Waals surface area contributed by atoms with Gasteiger partial charge in [-0.1, -0.05) is 18.2 Å². The molecular formula is C25H24O11. The third-order valence-corrected chi connectivity index (χ3v) is 5.51. The topological polar surface area (TPSA) is 191 Å². The average Bonchev–Trinajstić information content (AvgIpc) is 2.82. The number of aliphatic carboxylic acids is 1. The number of hydrogen-bond acceptors (Lipinski definition) is 10. The van der Waals surface area contributed by atoms with Crippen molar-refractivity contribution in [3.8, 4) is 17.2 Å². The lowest BCUT2D eigenvalue weighted by Crippen LogP contribution is -2.58. The Bertz CT molecular complexity index is 1180. The molecule has 4 atom stereocenters. The summed E-state index contributed by atoms with van der Waals surface area (Å²) in [5.41, 5.74) is -1.43. The summed E-state index contributed by atoms with van der Waals surface area (Å²) in [6.07, 6.45) is -1.64. The molecule has 190 valence electrons. The van der Waals surface area contributed by atoms with E-state index in [4.69, 9.17) is 9.47 Å². The van der Waals surface area contributed by atoms with Crippen LogP contribution in [0.1, 0.15) is 24.0 Å². The number of hydrogen-bond donors (Lipinski definition) is 6. The number of rotatable bonds is 7. The van der Waals surface area contributed by atoms with Gasteiger partial charge >= 0.3 is 17.9 Å². The fourth-order valence-electron chi connectivity index (χ4n) is 3.62. The number of phenolic OH excluding ortho intramolecular Hbond substituents is 3. The first-order valence-electron chi connectivity index (χ1n) is 10.7. The molecule has 0 aliphatic heterocycles. The van der Waals surface area contributed by atoms with E-state index in [9.17, 15) is 45.0 Å². The molecule has 11 nitrogen and oxygen atoms in total. The van der Waals surface area contributed by atoms with Crippen molar-refractivity contribution in [1.82, 2.24) is 0 Å². The number of carboxylic acids is 1. The van der Waals surface area contributed by atoms with Gasteiger partial charge in [-0.15, -0.1) is 0 Å². The van der Waals surface area contributed by atoms with E-state index in [-0.39, 0.29) is 11.5 Å². The van der Waals surface area contributed by atoms with Gasteiger partial charge < -0.3 is 40.1 Å². The fraction of sp³-hybridized carbons (Fsp3) is 0.240. The summed E-state index contributed by atoms with van der Waals surface area (Å²) in [4.78, 5) is 36.7. The summed E-state index contributed by atoms with van der Waals surface area (Å²) >= 11 is 0. The Kier molecular flexibility index (Phi) is 7.97. The maximum absolute atomic E-state index is 12.4. The van der Waals surface area contributed by atoms with Gasteiger partial charge in [-0.25, -0.2) is 14.4 Å². The van der Waals surface area contributed by atoms with Gasteiger partial charge in [0.15, 0.2) is 11.5 Å². The molecule has 1 aliphatic carbocycles. The molecule has 3 rings (SSSR count). The number of aliphatic hydroxyl groups excluding tert-OH is 2. The molecular weight excluding hydrogens is 476 g/mol. The molecule has 36 heavy (non-hydrogen) atoms. The van der Waals surface area contributed by atoms with Crippen LogP contribution in [0.4, 0.5) is 0 Å². The van der Waals surface area contributed by atoms with Gasteiger partial charge in [0.2, 0.25) is 5.60 Å². The lowest BCUT2D eigenvalue weighted by atomic mass is 9.79. The van der Waals surface area contributed by atoms with Gasteiger partial charge in [-0.2, -0.15) is 0 Å². The van der Waals surface area contributed by atoms with Crippen LogP contribution in [0, 0.1) is 0 Å². The fourth-order valence-corrected chi connectivity index (χ4v) is 3.62. The maximum Gasteiger partial charge on any atom is 0.348 e. The Morgan fingerprint density at radius 2 is 1.44 bits per heavy atom. The van der Waals surface area contributed by atoms with Crippen LogP contribution in [-0.4, -0.2) is 72.5 Å². The molecule has 2 aromatic rings. The van der Waals surface area contributed by atoms with Crippen LogP contribution in [0.3, 0.4) is 0 Å². The molecule has 11 heteroatoms. The first-order chi connectivity index (χ1) is 17.0. The lowest BCUT2D eigenvalue weighted by Gasteiger charge is -2.41. The van der Waals surface area contributed by atoms with Crippen molar-refractivity contribution in [3.05, 3.63) is 65.7 Å². The van der Waals surface area contributed by atoms with Crippen molar-refractivity contribution in [2.45, 2.75) is 36.8 Å². The van der Waals surface area contributed by atoms with Gasteiger partial charge in [0.1, 0.15) is 18.0 Å². The molecule has 0 radical (unpaired) electrons. The molecule has 0 bridgehead atoms. The van der Waals surface area contributed by atoms with E-state index < -0.39 is 60.4 Å². The highest BCUT2D eigenvalue weighted by molar-refractivity contribution is 5.91. The smallest absolute Gasteiger partial charge is 0.348 e. The lowest BCUT2D eigenvalue weighted by molar-refractivity contribution is -0.207. The Morgan fingerprint density at radius 1 is 0.833 bits per heavy atom. The Balaban J connectivity index is 1.72. The van der Waals surface area contributed by atoms with E-state index in [0.29, 0.717) is 11.1 Å². The summed E-state index contributed by atoms with van der Waals surface area (Å²) in [5, 5.41) is 58.5. The standard InChI is InChI=1S/C25H24O11/c26-16-6-1-14(2-7-16)4-10-22(31)36-25(24(33)34)12-19(29)23(32)20(13-25)35-21(30)9-5-15-3-8-17(27)18(28)11-15/h1-11,19-20,23,26-29,32H,12-13H2,(H,33,34)/b9-5+,10-4+/t19-,20-,23+,25-/m1/s1. The number of carboxylic acid groups (broad SMARTS) is 1. The molecule has 1 aliphatic rings. The second-order valence-electron chi connectivity index (χ2n) is 8.17. The highest BCUT2D eigenvalue weighted by atomic mass is 16.6. The normalized spacial score (nSPS) is 24.0. The van der Waals surface area contributed by atoms with E-state index >= 15 is 0 Å². The molecule has 1 fully saturated rings. The number of carbonyl (C=O) groups is 3. The van der Waals surface area contributed by atoms with E-state index in [1.165, 1.54) is 54.6 Å². The largest absolute Gasteiger partial charge is 0.508 e. The van der Waals surface area contributed by atoms with Gasteiger partial charge in [-0.05, 0) is 47.5 Å². The number of phenols is 3. The van der Waals surface area contributed by atoms with Gasteiger partial charge in [0, 0.05) is 25.0 Å². The van der Waals surface area contributed by atoms with Crippen molar-refractivity contribution < 1.29 is 54.5 Å². The molecule has 6 N–H and O–H groups in total. The van der Waals surface area contributed by atoms with Crippen molar-refractivity contribution >= 4 is 30.1 Å². The van der Waals surface area contributed by atoms with Crippen LogP contribution < -0.4 is 0 Å². The van der Waals surface area contributed by atoms with Crippen LogP contribution >= 0.6 is 0 Å². The zero-order valence-electron chi connectivity index (χ0n) is 18.7. The summed E-state index contributed by atoms with van der Waals surface area (Å²) in [6, 6.07) is 9.58. The highest BCUT2D eigenvalue weighted by Gasteiger charge is 2.54. The third-order valence-electron chi connectivity index (χ3n) is 5.51. The van der Waals surface area contributed by atoms with Gasteiger partial charge in [-0.3, -0.25) is 0 Å². The van der Waals surface area contributed by atoms with Crippen LogP contribution in [0.2, 0.25) is 0 Å². The summed E-state index contributed by atoms with van der Waals surface area (Å²) in [5.74, 6) is -4.40. The predicted octanol–water partition coefficient (Wildman–Crippen LogP) is 1.32. The van der Waals surface area contributed by atoms with Crippen molar-refractivity contribution in [1.29, 1.82) is 0 Å². The minimum Gasteiger partial charge on any atom is -0.508 e. The minimum atomic E-state index is -2.29. The van der Waals surface area contributed by atoms with Crippen LogP contribution in [-0.2, 0) is 23.9 Å². The quantitative estimate of drug-likeness (QED) is 0.183. The van der Waals surface area contributed by atoms with Crippen molar-refractivity contribution in [3.63, 3.8) is 0 Å². The molecule has 0 heterocycles. The van der Waals surface area contributed by atoms with E-state index in [1.54, 1.807) is 0 Å². The summed E-state index contributed by atoms with van der Waals surface area (Å²) in [7, 11) is 0. The minimum absolute atomic E-state index is 0.0194. The second-order valence-corrected chi connectivity index (χ2v) is 8.17. The van der Waals surface area contributed by atoms with E-state index in [1.807, 2.05) is 0 Å². The molecule has 0 aromatic heterocycles. The monoisotopic (exact) mass is 500 g/mol. The Hall–Kier alpha value is -4.35. The number of ether oxygens (including phenoxy) is 2. The molecule has 0 spiro atoms. The molecule has 0 unspecified atom stereocenters. The number of esters is 2. The zero-order chi connectivity index (χ0) is 26.5. The SMILES string of the molecule is O=C(/C=C/c1ccc(O)c(O)c1)O[C@@H]1C[C@@](OC(=O)/C=C/c2ccc(O)cc2)(C(=O)O)C[C@@H](O)[C@@H]1O. The number of benzene rings is 2. The number of aromatic hydroxyl groups is 3. The summed E-state index contributed by atoms with van der Waals surface area (Å²) < 4.78 is 10.3. The van der Waals surface area contributed by atoms with Crippen LogP contribution in [0.5, 0.6) is 17.2 Å². The first-order valence-corrected chi connectivity index (χ1v) is 10.7. The molecule has 0 amide bonds. The van der Waals surface area contributed by atoms with Crippen molar-refractivity contribution in [2.75, 3.05) is 0 Å². The van der Waals surface area contributed by atoms with Gasteiger partial charge in [0.25, 0.3) is 0 Å². The van der Waals surface area contributed by atoms with Crippen LogP contribution in [0.25, 0.3) is 12.2 Å². The average molecular weight is 500 g/mol. The van der Waals surface area contributed by atoms with Crippen molar-refractivity contribution in [2.24, 2.45) is 0 Å². The first kappa shape index (κ1) is 26.3. The van der Waals surface area contributed by atoms with E-state index in [2.05, 4.69) is 0 Å². The third kappa shape index (κ3) is 6.40. The highest BCUT2D eigenvalue weighted by Crippen LogP contribution is 2.35. The number of aliphatic hydroxyl groups is 2. The Morgan fingerprint density at radius 3 is 2.08 bits per heavy atom. The van der Waals surface area contributed by atoms with Crippen LogP contribution in [0.15, 0.2) is 54.6 Å². The van der Waals surface area contributed by atoms with Gasteiger partial charge in [0.05, 0.1) is 6.10 Å². The molecule has 2 aromatic carbocycles. The molecule has 0 saturated heterocycles. The zero-order valence-corrected chi connectivity index (χ0v) is 18.7. The maximum atomic E-state index is 12.4. The second kappa shape index (κ2) is 10.9. The Labute approximate surface area is 204 Å². The summed E-state index contributed by atoms with van der Waals surface area (Å²) in [6.45, 7) is 0. The predicted molar refractivity (Wildman–Crippen MR) is 124 cm³/mol. The molecule has 1 saturated carbocycles. The van der Waals surface area contributed by atoms with E-state index in [0.717, 1.165) is 12.2 Å². The number of carbonyl (C=O) groups excluding carboxylic acids is 2.